The van der Waals surface area contributed by atoms with E-state index in [0.29, 0.717) is 36.0 Å². The topological polar surface area (TPSA) is 76.6 Å². The first-order valence-corrected chi connectivity index (χ1v) is 7.86. The summed E-state index contributed by atoms with van der Waals surface area (Å²) in [6.45, 7) is 1.06. The monoisotopic (exact) mass is 348 g/mol. The number of methoxy groups -OCH3 is 1. The quantitative estimate of drug-likeness (QED) is 0.919. The molecule has 0 saturated carbocycles. The highest BCUT2D eigenvalue weighted by Crippen LogP contribution is 2.24. The molecule has 2 aromatic rings. The first-order chi connectivity index (χ1) is 11.7. The second-order valence-corrected chi connectivity index (χ2v) is 5.73. The lowest BCUT2D eigenvalue weighted by atomic mass is 10.3. The predicted molar refractivity (Wildman–Crippen MR) is 89.7 cm³/mol. The minimum absolute atomic E-state index is 0.144. The number of aromatic nitrogens is 2. The van der Waals surface area contributed by atoms with Crippen LogP contribution in [0.25, 0.3) is 0 Å². The van der Waals surface area contributed by atoms with Crippen molar-refractivity contribution in [3.63, 3.8) is 0 Å². The van der Waals surface area contributed by atoms with Gasteiger partial charge in [-0.15, -0.1) is 0 Å². The standard InChI is InChI=1S/C16H17ClN4O3/c1-23-14-5-3-2-4-13(14)20-16(22)21-7-6-12(10-21)24-15-18-8-11(17)9-19-15/h2-5,8-9,12H,6-7,10H2,1H3,(H,20,22). The van der Waals surface area contributed by atoms with Crippen LogP contribution in [-0.2, 0) is 0 Å². The number of likely N-dealkylation sites (tertiary alicyclic amines) is 1. The van der Waals surface area contributed by atoms with Gasteiger partial charge in [-0.3, -0.25) is 0 Å². The van der Waals surface area contributed by atoms with E-state index in [1.165, 1.54) is 12.4 Å². The molecule has 1 aromatic carbocycles. The Labute approximate surface area is 144 Å². The Kier molecular flexibility index (Phi) is 5.00. The average molecular weight is 349 g/mol. The number of carbonyl (C=O) groups is 1. The van der Waals surface area contributed by atoms with Crippen LogP contribution in [0.2, 0.25) is 5.02 Å². The number of carbonyl (C=O) groups excluding carboxylic acids is 1. The van der Waals surface area contributed by atoms with E-state index in [1.54, 1.807) is 24.1 Å². The molecule has 1 aliphatic rings. The fourth-order valence-corrected chi connectivity index (χ4v) is 2.56. The Morgan fingerprint density at radius 3 is 2.83 bits per heavy atom. The maximum atomic E-state index is 12.4. The van der Waals surface area contributed by atoms with Crippen LogP contribution in [0.1, 0.15) is 6.42 Å². The van der Waals surface area contributed by atoms with E-state index >= 15 is 0 Å². The van der Waals surface area contributed by atoms with E-state index < -0.39 is 0 Å². The molecule has 1 saturated heterocycles. The zero-order valence-electron chi connectivity index (χ0n) is 13.1. The van der Waals surface area contributed by atoms with E-state index in [1.807, 2.05) is 12.1 Å². The highest BCUT2D eigenvalue weighted by Gasteiger charge is 2.28. The second kappa shape index (κ2) is 7.35. The molecular formula is C16H17ClN4O3. The summed E-state index contributed by atoms with van der Waals surface area (Å²) in [4.78, 5) is 22.1. The number of amides is 2. The summed E-state index contributed by atoms with van der Waals surface area (Å²) in [6.07, 6.45) is 3.52. The molecule has 24 heavy (non-hydrogen) atoms. The van der Waals surface area contributed by atoms with Gasteiger partial charge in [-0.25, -0.2) is 14.8 Å². The molecule has 3 rings (SSSR count). The predicted octanol–water partition coefficient (Wildman–Crippen LogP) is 2.82. The molecular weight excluding hydrogens is 332 g/mol. The van der Waals surface area contributed by atoms with Crippen LogP contribution in [0.15, 0.2) is 36.7 Å². The molecule has 1 N–H and O–H groups in total. The van der Waals surface area contributed by atoms with Crippen LogP contribution in [0.4, 0.5) is 10.5 Å². The van der Waals surface area contributed by atoms with Crippen LogP contribution < -0.4 is 14.8 Å². The number of nitrogens with zero attached hydrogens (tertiary/aromatic N) is 3. The van der Waals surface area contributed by atoms with Crippen molar-refractivity contribution in [3.05, 3.63) is 41.7 Å². The number of anilines is 1. The Morgan fingerprint density at radius 1 is 1.33 bits per heavy atom. The number of hydrogen-bond acceptors (Lipinski definition) is 5. The van der Waals surface area contributed by atoms with Crippen molar-refractivity contribution in [3.8, 4) is 11.8 Å². The Morgan fingerprint density at radius 2 is 2.08 bits per heavy atom. The van der Waals surface area contributed by atoms with Crippen molar-refractivity contribution < 1.29 is 14.3 Å². The molecule has 126 valence electrons. The molecule has 0 spiro atoms. The van der Waals surface area contributed by atoms with Gasteiger partial charge in [-0.1, -0.05) is 23.7 Å². The lowest BCUT2D eigenvalue weighted by Gasteiger charge is -2.18. The van der Waals surface area contributed by atoms with Crippen LogP contribution in [0.5, 0.6) is 11.8 Å². The van der Waals surface area contributed by atoms with E-state index in [0.717, 1.165) is 0 Å². The molecule has 1 atom stereocenters. The molecule has 0 bridgehead atoms. The normalized spacial score (nSPS) is 16.8. The lowest BCUT2D eigenvalue weighted by Crippen LogP contribution is -2.34. The van der Waals surface area contributed by atoms with E-state index in [-0.39, 0.29) is 18.1 Å². The smallest absolute Gasteiger partial charge is 0.322 e. The molecule has 2 heterocycles. The second-order valence-electron chi connectivity index (χ2n) is 5.29. The first-order valence-electron chi connectivity index (χ1n) is 7.49. The van der Waals surface area contributed by atoms with E-state index in [9.17, 15) is 4.79 Å². The zero-order chi connectivity index (χ0) is 16.9. The molecule has 7 nitrogen and oxygen atoms in total. The van der Waals surface area contributed by atoms with Crippen molar-refractivity contribution in [2.45, 2.75) is 12.5 Å². The SMILES string of the molecule is COc1ccccc1NC(=O)N1CCC(Oc2ncc(Cl)cn2)C1. The van der Waals surface area contributed by atoms with Gasteiger partial charge in [0.1, 0.15) is 11.9 Å². The molecule has 0 radical (unpaired) electrons. The maximum absolute atomic E-state index is 12.4. The van der Waals surface area contributed by atoms with Crippen molar-refractivity contribution in [1.82, 2.24) is 14.9 Å². The molecule has 8 heteroatoms. The minimum Gasteiger partial charge on any atom is -0.495 e. The van der Waals surface area contributed by atoms with Gasteiger partial charge in [-0.05, 0) is 12.1 Å². The summed E-state index contributed by atoms with van der Waals surface area (Å²) in [6, 6.07) is 7.34. The summed E-state index contributed by atoms with van der Waals surface area (Å²) < 4.78 is 10.9. The van der Waals surface area contributed by atoms with Crippen molar-refractivity contribution in [1.29, 1.82) is 0 Å². The fraction of sp³-hybridized carbons (Fsp3) is 0.312. The third kappa shape index (κ3) is 3.86. The Bertz CT molecular complexity index is 711. The van der Waals surface area contributed by atoms with Gasteiger partial charge in [0.05, 0.1) is 36.8 Å². The van der Waals surface area contributed by atoms with Crippen LogP contribution >= 0.6 is 11.6 Å². The third-order valence-corrected chi connectivity index (χ3v) is 3.84. The van der Waals surface area contributed by atoms with Gasteiger partial charge in [-0.2, -0.15) is 0 Å². The maximum Gasteiger partial charge on any atom is 0.322 e. The number of ether oxygens (including phenoxy) is 2. The summed E-state index contributed by atoms with van der Waals surface area (Å²) in [7, 11) is 1.57. The van der Waals surface area contributed by atoms with E-state index in [4.69, 9.17) is 21.1 Å². The Hall–Kier alpha value is -2.54. The van der Waals surface area contributed by atoms with Gasteiger partial charge < -0.3 is 19.7 Å². The van der Waals surface area contributed by atoms with Crippen molar-refractivity contribution >= 4 is 23.3 Å². The number of urea groups is 1. The summed E-state index contributed by atoms with van der Waals surface area (Å²) in [5.74, 6) is 0.618. The largest absolute Gasteiger partial charge is 0.495 e. The molecule has 1 unspecified atom stereocenters. The Balaban J connectivity index is 1.56. The van der Waals surface area contributed by atoms with Crippen LogP contribution in [0, 0.1) is 0 Å². The minimum atomic E-state index is -0.192. The lowest BCUT2D eigenvalue weighted by molar-refractivity contribution is 0.184. The first kappa shape index (κ1) is 16.3. The molecule has 1 aliphatic heterocycles. The van der Waals surface area contributed by atoms with Crippen LogP contribution in [0.3, 0.4) is 0 Å². The van der Waals surface area contributed by atoms with Crippen LogP contribution in [-0.4, -0.2) is 47.2 Å². The summed E-state index contributed by atoms with van der Waals surface area (Å²) in [5.41, 5.74) is 0.635. The van der Waals surface area contributed by atoms with Gasteiger partial charge >= 0.3 is 12.0 Å². The fourth-order valence-electron chi connectivity index (χ4n) is 2.46. The van der Waals surface area contributed by atoms with Gasteiger partial charge in [0.25, 0.3) is 0 Å². The number of nitrogens with one attached hydrogen (secondary N) is 1. The molecule has 1 aromatic heterocycles. The third-order valence-electron chi connectivity index (χ3n) is 3.65. The van der Waals surface area contributed by atoms with Gasteiger partial charge in [0, 0.05) is 13.0 Å². The molecule has 1 fully saturated rings. The van der Waals surface area contributed by atoms with Crippen molar-refractivity contribution in [2.75, 3.05) is 25.5 Å². The molecule has 2 amide bonds. The van der Waals surface area contributed by atoms with Gasteiger partial charge in [0.2, 0.25) is 0 Å². The summed E-state index contributed by atoms with van der Waals surface area (Å²) >= 11 is 5.74. The number of benzene rings is 1. The average Bonchev–Trinajstić information content (AvgIpc) is 3.06. The van der Waals surface area contributed by atoms with E-state index in [2.05, 4.69) is 15.3 Å². The zero-order valence-corrected chi connectivity index (χ0v) is 13.9. The van der Waals surface area contributed by atoms with Crippen molar-refractivity contribution in [2.24, 2.45) is 0 Å². The van der Waals surface area contributed by atoms with Gasteiger partial charge in [0.15, 0.2) is 0 Å². The summed E-state index contributed by atoms with van der Waals surface area (Å²) in [5, 5.41) is 3.30. The number of rotatable bonds is 4. The number of hydrogen-bond donors (Lipinski definition) is 1. The number of halogens is 1. The highest BCUT2D eigenvalue weighted by atomic mass is 35.5. The number of para-hydroxylation sites is 2. The highest BCUT2D eigenvalue weighted by molar-refractivity contribution is 6.30. The molecule has 0 aliphatic carbocycles.